The molecule has 2 aromatic carbocycles. The van der Waals surface area contributed by atoms with E-state index in [1.54, 1.807) is 0 Å². The molecule has 0 heterocycles. The first-order valence-corrected chi connectivity index (χ1v) is 9.27. The van der Waals surface area contributed by atoms with Gasteiger partial charge in [-0.2, -0.15) is 0 Å². The third-order valence-electron chi connectivity index (χ3n) is 5.54. The summed E-state index contributed by atoms with van der Waals surface area (Å²) in [4.78, 5) is 23.9. The number of benzene rings is 2. The number of carbonyl (C=O) groups excluding carboxylic acids is 2. The molecule has 0 spiro atoms. The molecule has 0 aliphatic heterocycles. The van der Waals surface area contributed by atoms with Crippen molar-refractivity contribution in [3.05, 3.63) is 59.2 Å². The molecule has 27 heavy (non-hydrogen) atoms. The van der Waals surface area contributed by atoms with Crippen LogP contribution < -0.4 is 9.47 Å². The number of fused-ring (bicyclic) bond motifs is 6. The summed E-state index contributed by atoms with van der Waals surface area (Å²) in [5.41, 5.74) is 4.37. The number of carbonyl (C=O) groups is 2. The molecule has 4 rings (SSSR count). The van der Waals surface area contributed by atoms with Crippen molar-refractivity contribution in [2.24, 2.45) is 0 Å². The van der Waals surface area contributed by atoms with Crippen LogP contribution in [0.25, 0.3) is 10.8 Å². The molecule has 0 aromatic heterocycles. The summed E-state index contributed by atoms with van der Waals surface area (Å²) in [5.74, 6) is 0.728. The van der Waals surface area contributed by atoms with Gasteiger partial charge in [0.2, 0.25) is 0 Å². The lowest BCUT2D eigenvalue weighted by molar-refractivity contribution is -0.132. The maximum absolute atomic E-state index is 12.1. The van der Waals surface area contributed by atoms with Crippen LogP contribution in [0, 0.1) is 6.92 Å². The first kappa shape index (κ1) is 17.5. The number of aryl methyl sites for hydroxylation is 1. The average molecular weight is 362 g/mol. The molecule has 0 saturated heterocycles. The Hall–Kier alpha value is -2.88. The Morgan fingerprint density at radius 2 is 1.93 bits per heavy atom. The molecule has 0 fully saturated rings. The van der Waals surface area contributed by atoms with E-state index in [4.69, 9.17) is 9.47 Å². The van der Waals surface area contributed by atoms with Crippen LogP contribution in [-0.2, 0) is 9.59 Å². The van der Waals surface area contributed by atoms with Crippen LogP contribution in [0.4, 0.5) is 0 Å². The van der Waals surface area contributed by atoms with E-state index in [1.165, 1.54) is 18.6 Å². The molecule has 0 saturated carbocycles. The van der Waals surface area contributed by atoms with Gasteiger partial charge in [0.15, 0.2) is 0 Å². The van der Waals surface area contributed by atoms with Crippen LogP contribution in [0.3, 0.4) is 0 Å². The first-order chi connectivity index (χ1) is 12.9. The van der Waals surface area contributed by atoms with Crippen LogP contribution in [0.5, 0.6) is 11.5 Å². The van der Waals surface area contributed by atoms with E-state index in [-0.39, 0.29) is 17.8 Å². The zero-order valence-electron chi connectivity index (χ0n) is 15.8. The van der Waals surface area contributed by atoms with Gasteiger partial charge in [-0.1, -0.05) is 42.8 Å². The second kappa shape index (κ2) is 6.38. The van der Waals surface area contributed by atoms with Gasteiger partial charge >= 0.3 is 11.9 Å². The van der Waals surface area contributed by atoms with Gasteiger partial charge in [-0.15, -0.1) is 0 Å². The summed E-state index contributed by atoms with van der Waals surface area (Å²) in [5, 5.41) is 1.59. The third-order valence-corrected chi connectivity index (χ3v) is 5.54. The molecule has 0 N–H and O–H groups in total. The Balaban J connectivity index is 2.08. The molecule has 0 amide bonds. The second-order valence-electron chi connectivity index (χ2n) is 7.24. The van der Waals surface area contributed by atoms with E-state index in [2.05, 4.69) is 19.6 Å². The lowest BCUT2D eigenvalue weighted by Crippen LogP contribution is -2.12. The number of hydrogen-bond acceptors (Lipinski definition) is 4. The Labute approximate surface area is 158 Å². The lowest BCUT2D eigenvalue weighted by Gasteiger charge is -2.24. The van der Waals surface area contributed by atoms with Crippen LogP contribution in [0.1, 0.15) is 55.2 Å². The predicted molar refractivity (Wildman–Crippen MR) is 104 cm³/mol. The normalized spacial score (nSPS) is 19.6. The fourth-order valence-electron chi connectivity index (χ4n) is 4.52. The first-order valence-electron chi connectivity index (χ1n) is 9.27. The standard InChI is InChI=1S/C23H22O4/c1-5-14-10-15-11-17(14)21-20(15)23(26-13(4)24)18-9-12(3)7-8-16(18)22(21)27-19(25)6-2/h6-10,15,17H,2,5,11H2,1,3-4H3. The molecule has 2 atom stereocenters. The molecule has 138 valence electrons. The number of hydrogen-bond donors (Lipinski definition) is 0. The molecular formula is C23H22O4. The molecule has 4 nitrogen and oxygen atoms in total. The topological polar surface area (TPSA) is 52.6 Å². The summed E-state index contributed by atoms with van der Waals surface area (Å²) >= 11 is 0. The highest BCUT2D eigenvalue weighted by Gasteiger charge is 2.43. The van der Waals surface area contributed by atoms with Gasteiger partial charge in [-0.25, -0.2) is 4.79 Å². The maximum Gasteiger partial charge on any atom is 0.335 e. The van der Waals surface area contributed by atoms with Crippen molar-refractivity contribution < 1.29 is 19.1 Å². The zero-order valence-corrected chi connectivity index (χ0v) is 15.8. The number of esters is 2. The van der Waals surface area contributed by atoms with Crippen molar-refractivity contribution in [2.45, 2.75) is 45.4 Å². The molecular weight excluding hydrogens is 340 g/mol. The van der Waals surface area contributed by atoms with Gasteiger partial charge in [0.1, 0.15) is 11.5 Å². The number of ether oxygens (including phenoxy) is 2. The molecule has 2 aliphatic carbocycles. The van der Waals surface area contributed by atoms with Crippen molar-refractivity contribution in [3.63, 3.8) is 0 Å². The monoisotopic (exact) mass is 362 g/mol. The van der Waals surface area contributed by atoms with E-state index in [1.807, 2.05) is 25.1 Å². The molecule has 0 radical (unpaired) electrons. The van der Waals surface area contributed by atoms with Crippen molar-refractivity contribution in [1.82, 2.24) is 0 Å². The number of rotatable bonds is 4. The van der Waals surface area contributed by atoms with Crippen molar-refractivity contribution in [1.29, 1.82) is 0 Å². The van der Waals surface area contributed by atoms with Gasteiger partial charge in [0.05, 0.1) is 0 Å². The summed E-state index contributed by atoms with van der Waals surface area (Å²) in [7, 11) is 0. The van der Waals surface area contributed by atoms with E-state index in [0.29, 0.717) is 11.5 Å². The smallest absolute Gasteiger partial charge is 0.335 e. The summed E-state index contributed by atoms with van der Waals surface area (Å²) in [6.45, 7) is 9.07. The van der Waals surface area contributed by atoms with Gasteiger partial charge in [-0.05, 0) is 25.8 Å². The summed E-state index contributed by atoms with van der Waals surface area (Å²) < 4.78 is 11.4. The lowest BCUT2D eigenvalue weighted by atomic mass is 9.85. The van der Waals surface area contributed by atoms with Gasteiger partial charge in [0, 0.05) is 46.7 Å². The second-order valence-corrected chi connectivity index (χ2v) is 7.24. The van der Waals surface area contributed by atoms with Crippen LogP contribution >= 0.6 is 0 Å². The van der Waals surface area contributed by atoms with Crippen LogP contribution in [0.2, 0.25) is 0 Å². The molecule has 4 heteroatoms. The van der Waals surface area contributed by atoms with E-state index >= 15 is 0 Å². The molecule has 2 aromatic rings. The Kier molecular flexibility index (Phi) is 4.14. The van der Waals surface area contributed by atoms with Crippen LogP contribution in [-0.4, -0.2) is 11.9 Å². The molecule has 2 aliphatic rings. The van der Waals surface area contributed by atoms with Crippen molar-refractivity contribution >= 4 is 22.7 Å². The molecule has 2 unspecified atom stereocenters. The van der Waals surface area contributed by atoms with E-state index in [0.717, 1.165) is 40.3 Å². The minimum Gasteiger partial charge on any atom is -0.426 e. The van der Waals surface area contributed by atoms with E-state index < -0.39 is 5.97 Å². The zero-order chi connectivity index (χ0) is 19.3. The van der Waals surface area contributed by atoms with Gasteiger partial charge in [-0.3, -0.25) is 4.79 Å². The number of allylic oxidation sites excluding steroid dienone is 2. The predicted octanol–water partition coefficient (Wildman–Crippen LogP) is 5.09. The SMILES string of the molecule is C=CC(=O)Oc1c2c(c(OC(C)=O)c3cc(C)ccc13)C1C=C(CC)C2C1. The van der Waals surface area contributed by atoms with Gasteiger partial charge in [0.25, 0.3) is 0 Å². The Morgan fingerprint density at radius 3 is 2.59 bits per heavy atom. The highest BCUT2D eigenvalue weighted by molar-refractivity contribution is 6.01. The third kappa shape index (κ3) is 2.67. The maximum atomic E-state index is 12.1. The van der Waals surface area contributed by atoms with Crippen molar-refractivity contribution in [2.75, 3.05) is 0 Å². The minimum atomic E-state index is -0.482. The Bertz CT molecular complexity index is 1030. The van der Waals surface area contributed by atoms with Gasteiger partial charge < -0.3 is 9.47 Å². The summed E-state index contributed by atoms with van der Waals surface area (Å²) in [6.07, 6.45) is 5.34. The highest BCUT2D eigenvalue weighted by atomic mass is 16.5. The van der Waals surface area contributed by atoms with Crippen LogP contribution in [0.15, 0.2) is 42.5 Å². The average Bonchev–Trinajstić information content (AvgIpc) is 3.22. The van der Waals surface area contributed by atoms with Crippen molar-refractivity contribution in [3.8, 4) is 11.5 Å². The largest absolute Gasteiger partial charge is 0.426 e. The van der Waals surface area contributed by atoms with E-state index in [9.17, 15) is 9.59 Å². The summed E-state index contributed by atoms with van der Waals surface area (Å²) in [6, 6.07) is 5.89. The fourth-order valence-corrected chi connectivity index (χ4v) is 4.52. The minimum absolute atomic E-state index is 0.181. The fraction of sp³-hybridized carbons (Fsp3) is 0.304. The quantitative estimate of drug-likeness (QED) is 0.329. The Morgan fingerprint density at radius 1 is 1.19 bits per heavy atom. The molecule has 2 bridgehead atoms. The highest BCUT2D eigenvalue weighted by Crippen LogP contribution is 2.61.